The summed E-state index contributed by atoms with van der Waals surface area (Å²) in [5.41, 5.74) is -0.244. The highest BCUT2D eigenvalue weighted by Gasteiger charge is 2.48. The van der Waals surface area contributed by atoms with Crippen LogP contribution in [-0.4, -0.2) is 46.1 Å². The second-order valence-electron chi connectivity index (χ2n) is 10.9. The number of hydrogen-bond donors (Lipinski definition) is 2. The van der Waals surface area contributed by atoms with E-state index < -0.39 is 17.4 Å². The average Bonchev–Trinajstić information content (AvgIpc) is 3.71. The molecular formula is C31H29ClFN3O5S2. The van der Waals surface area contributed by atoms with E-state index in [1.165, 1.54) is 28.7 Å². The van der Waals surface area contributed by atoms with E-state index in [9.17, 15) is 14.4 Å². The van der Waals surface area contributed by atoms with E-state index in [2.05, 4.69) is 10.3 Å². The number of carbonyl (C=O) groups is 3. The lowest BCUT2D eigenvalue weighted by Crippen LogP contribution is -2.53. The van der Waals surface area contributed by atoms with E-state index in [0.717, 1.165) is 52.0 Å². The van der Waals surface area contributed by atoms with Crippen molar-refractivity contribution in [3.05, 3.63) is 74.8 Å². The van der Waals surface area contributed by atoms with Gasteiger partial charge in [-0.25, -0.2) is 9.37 Å². The van der Waals surface area contributed by atoms with Gasteiger partial charge >= 0.3 is 5.97 Å². The fourth-order valence-electron chi connectivity index (χ4n) is 5.57. The number of aliphatic carboxylic acids is 1. The second kappa shape index (κ2) is 12.3. The molecule has 12 heteroatoms. The first kappa shape index (κ1) is 29.7. The van der Waals surface area contributed by atoms with Gasteiger partial charge in [-0.3, -0.25) is 14.4 Å². The number of aryl methyl sites for hydroxylation is 1. The maximum Gasteiger partial charge on any atom is 0.303 e. The van der Waals surface area contributed by atoms with Gasteiger partial charge in [0.1, 0.15) is 17.6 Å². The normalized spacial score (nSPS) is 17.6. The number of rotatable bonds is 11. The summed E-state index contributed by atoms with van der Waals surface area (Å²) >= 11 is 9.36. The van der Waals surface area contributed by atoms with Crippen molar-refractivity contribution in [1.29, 1.82) is 0 Å². The van der Waals surface area contributed by atoms with E-state index in [-0.39, 0.29) is 47.0 Å². The monoisotopic (exact) mass is 641 g/mol. The van der Waals surface area contributed by atoms with Gasteiger partial charge in [0, 0.05) is 39.5 Å². The molecule has 224 valence electrons. The highest BCUT2D eigenvalue weighted by molar-refractivity contribution is 7.17. The predicted molar refractivity (Wildman–Crippen MR) is 166 cm³/mol. The summed E-state index contributed by atoms with van der Waals surface area (Å²) in [6.07, 6.45) is 5.16. The second-order valence-corrected chi connectivity index (χ2v) is 13.3. The molecule has 1 aliphatic carbocycles. The zero-order chi connectivity index (χ0) is 30.1. The number of benzene rings is 2. The van der Waals surface area contributed by atoms with E-state index >= 15 is 4.39 Å². The topological polar surface area (TPSA) is 109 Å². The molecule has 2 N–H and O–H groups in total. The van der Waals surface area contributed by atoms with Crippen LogP contribution in [0.1, 0.15) is 59.3 Å². The van der Waals surface area contributed by atoms with Crippen molar-refractivity contribution in [2.24, 2.45) is 0 Å². The van der Waals surface area contributed by atoms with Crippen LogP contribution in [0.15, 0.2) is 48.0 Å². The Kier molecular flexibility index (Phi) is 8.50. The molecule has 2 aromatic heterocycles. The molecule has 1 amide bonds. The van der Waals surface area contributed by atoms with Crippen LogP contribution < -0.4 is 10.2 Å². The molecule has 1 aliphatic heterocycles. The number of amides is 1. The van der Waals surface area contributed by atoms with Crippen LogP contribution in [0.2, 0.25) is 5.02 Å². The van der Waals surface area contributed by atoms with Gasteiger partial charge < -0.3 is 20.1 Å². The van der Waals surface area contributed by atoms with Crippen LogP contribution in [-0.2, 0) is 27.2 Å². The average molecular weight is 642 g/mol. The lowest BCUT2D eigenvalue weighted by molar-refractivity contribution is -0.168. The van der Waals surface area contributed by atoms with Gasteiger partial charge in [0.2, 0.25) is 0 Å². The molecule has 2 aromatic carbocycles. The fraction of sp³-hybridized carbons (Fsp3) is 0.355. The Hall–Kier alpha value is -3.38. The van der Waals surface area contributed by atoms with E-state index in [4.69, 9.17) is 21.4 Å². The SMILES string of the molecule is O=C(O)CCc1cnc(N2CCCC2OC2(C(=O)Cc3cc(Cl)c(NC(=O)c4csc5ccccc45)cc3F)CCC2)s1. The number of anilines is 2. The maximum atomic E-state index is 15.3. The van der Waals surface area contributed by atoms with Crippen molar-refractivity contribution >= 4 is 72.8 Å². The third kappa shape index (κ3) is 6.17. The molecule has 0 radical (unpaired) electrons. The van der Waals surface area contributed by atoms with Gasteiger partial charge in [0.05, 0.1) is 22.7 Å². The lowest BCUT2D eigenvalue weighted by Gasteiger charge is -2.43. The van der Waals surface area contributed by atoms with Crippen molar-refractivity contribution in [3.8, 4) is 0 Å². The Labute approximate surface area is 260 Å². The number of hydrogen-bond acceptors (Lipinski definition) is 8. The summed E-state index contributed by atoms with van der Waals surface area (Å²) in [7, 11) is 0. The summed E-state index contributed by atoms with van der Waals surface area (Å²) in [6, 6.07) is 10.1. The van der Waals surface area contributed by atoms with Crippen LogP contribution in [0.25, 0.3) is 10.1 Å². The number of ketones is 1. The minimum absolute atomic E-state index is 0.0405. The molecular weight excluding hydrogens is 613 g/mol. The molecule has 0 bridgehead atoms. The number of ether oxygens (including phenoxy) is 1. The van der Waals surface area contributed by atoms with Crippen molar-refractivity contribution in [2.75, 3.05) is 16.8 Å². The highest BCUT2D eigenvalue weighted by atomic mass is 35.5. The molecule has 1 saturated carbocycles. The number of aromatic nitrogens is 1. The zero-order valence-corrected chi connectivity index (χ0v) is 25.5. The molecule has 8 nitrogen and oxygen atoms in total. The Bertz CT molecular complexity index is 1700. The number of carbonyl (C=O) groups excluding carboxylic acids is 2. The number of carboxylic acids is 1. The Morgan fingerprint density at radius 1 is 1.21 bits per heavy atom. The van der Waals surface area contributed by atoms with Gasteiger partial charge in [0.25, 0.3) is 5.91 Å². The van der Waals surface area contributed by atoms with Crippen LogP contribution in [0.5, 0.6) is 0 Å². The van der Waals surface area contributed by atoms with E-state index in [1.54, 1.807) is 11.6 Å². The first-order valence-corrected chi connectivity index (χ1v) is 16.2. The Morgan fingerprint density at radius 2 is 2.02 bits per heavy atom. The number of halogens is 2. The van der Waals surface area contributed by atoms with E-state index in [1.807, 2.05) is 29.2 Å². The van der Waals surface area contributed by atoms with Crippen LogP contribution in [0.4, 0.5) is 15.2 Å². The highest BCUT2D eigenvalue weighted by Crippen LogP contribution is 2.42. The molecule has 1 atom stereocenters. The van der Waals surface area contributed by atoms with Crippen LogP contribution in [0.3, 0.4) is 0 Å². The minimum atomic E-state index is -1.01. The molecule has 43 heavy (non-hydrogen) atoms. The van der Waals surface area contributed by atoms with Crippen molar-refractivity contribution in [3.63, 3.8) is 0 Å². The summed E-state index contributed by atoms with van der Waals surface area (Å²) < 4.78 is 22.8. The molecule has 6 rings (SSSR count). The van der Waals surface area contributed by atoms with Crippen molar-refractivity contribution < 1.29 is 28.6 Å². The number of thiophene rings is 1. The number of carboxylic acid groups (broad SMARTS) is 1. The van der Waals surface area contributed by atoms with E-state index in [0.29, 0.717) is 24.8 Å². The third-order valence-electron chi connectivity index (χ3n) is 8.06. The first-order valence-electron chi connectivity index (χ1n) is 14.1. The summed E-state index contributed by atoms with van der Waals surface area (Å²) in [4.78, 5) is 44.9. The zero-order valence-electron chi connectivity index (χ0n) is 23.1. The molecule has 3 heterocycles. The maximum absolute atomic E-state index is 15.3. The van der Waals surface area contributed by atoms with Crippen molar-refractivity contribution in [1.82, 2.24) is 4.98 Å². The molecule has 2 aliphatic rings. The van der Waals surface area contributed by atoms with Gasteiger partial charge in [-0.2, -0.15) is 0 Å². The van der Waals surface area contributed by atoms with Gasteiger partial charge in [0.15, 0.2) is 10.9 Å². The standard InChI is InChI=1S/C31H29ClFN3O5S2/c32-22-13-18(23(33)15-24(22)35-29(40)21-17-42-25-6-2-1-5-20(21)25)14-26(37)31(10-4-11-31)41-27-7-3-12-36(27)30-34-16-19(43-30)8-9-28(38)39/h1-2,5-6,13,15-17,27H,3-4,7-12,14H2,(H,35,40)(H,38,39). The molecule has 4 aromatic rings. The molecule has 1 saturated heterocycles. The van der Waals surface area contributed by atoms with Crippen molar-refractivity contribution in [2.45, 2.75) is 63.2 Å². The molecule has 1 unspecified atom stereocenters. The lowest BCUT2D eigenvalue weighted by atomic mass is 9.75. The van der Waals surface area contributed by atoms with Crippen LogP contribution in [0, 0.1) is 5.82 Å². The molecule has 0 spiro atoms. The number of thiazole rings is 1. The fourth-order valence-corrected chi connectivity index (χ4v) is 7.72. The van der Waals surface area contributed by atoms with Gasteiger partial charge in [-0.1, -0.05) is 29.8 Å². The largest absolute Gasteiger partial charge is 0.481 e. The number of nitrogens with one attached hydrogen (secondary N) is 1. The smallest absolute Gasteiger partial charge is 0.303 e. The van der Waals surface area contributed by atoms with Gasteiger partial charge in [-0.15, -0.1) is 22.7 Å². The number of Topliss-reactive ketones (excluding diaryl/α,β-unsaturated/α-hetero) is 1. The summed E-state index contributed by atoms with van der Waals surface area (Å²) in [6.45, 7) is 0.722. The third-order valence-corrected chi connectivity index (χ3v) is 10.4. The predicted octanol–water partition coefficient (Wildman–Crippen LogP) is 7.10. The number of nitrogens with zero attached hydrogens (tertiary/aromatic N) is 2. The number of fused-ring (bicyclic) bond motifs is 1. The first-order chi connectivity index (χ1) is 20.7. The summed E-state index contributed by atoms with van der Waals surface area (Å²) in [5.74, 6) is -2.08. The minimum Gasteiger partial charge on any atom is -0.481 e. The summed E-state index contributed by atoms with van der Waals surface area (Å²) in [5, 5.41) is 15.1. The molecule has 2 fully saturated rings. The van der Waals surface area contributed by atoms with Crippen LogP contribution >= 0.6 is 34.3 Å². The quantitative estimate of drug-likeness (QED) is 0.180. The van der Waals surface area contributed by atoms with Gasteiger partial charge in [-0.05, 0) is 62.3 Å². The Morgan fingerprint density at radius 3 is 2.79 bits per heavy atom. The Balaban J connectivity index is 1.13.